The third-order valence-corrected chi connectivity index (χ3v) is 6.44. The summed E-state index contributed by atoms with van der Waals surface area (Å²) in [5.74, 6) is 0.597. The Morgan fingerprint density at radius 2 is 1.83 bits per heavy atom. The molecule has 0 radical (unpaired) electrons. The summed E-state index contributed by atoms with van der Waals surface area (Å²) in [6.45, 7) is 2.09. The first-order chi connectivity index (χ1) is 14.0. The second-order valence-corrected chi connectivity index (χ2v) is 8.50. The SMILES string of the molecule is CC(NC(=O)c1ccc(S)cc1)[C@H]1CC[C@@H](c2ccnc3ccc(F)cc32)CC1. The minimum atomic E-state index is -0.220. The van der Waals surface area contributed by atoms with Crippen molar-refractivity contribution in [2.24, 2.45) is 5.92 Å². The summed E-state index contributed by atoms with van der Waals surface area (Å²) in [6, 6.07) is 14.2. The van der Waals surface area contributed by atoms with Gasteiger partial charge in [0.1, 0.15) is 5.82 Å². The molecule has 4 rings (SSSR count). The molecule has 1 amide bonds. The predicted molar refractivity (Wildman–Crippen MR) is 117 cm³/mol. The number of carbonyl (C=O) groups is 1. The zero-order valence-corrected chi connectivity index (χ0v) is 17.3. The molecule has 1 fully saturated rings. The van der Waals surface area contributed by atoms with Gasteiger partial charge in [0.15, 0.2) is 0 Å². The van der Waals surface area contributed by atoms with Gasteiger partial charge in [0, 0.05) is 28.1 Å². The Morgan fingerprint density at radius 1 is 1.10 bits per heavy atom. The first kappa shape index (κ1) is 19.9. The van der Waals surface area contributed by atoms with E-state index in [2.05, 4.69) is 29.9 Å². The molecular weight excluding hydrogens is 383 g/mol. The van der Waals surface area contributed by atoms with Gasteiger partial charge >= 0.3 is 0 Å². The molecule has 0 aliphatic heterocycles. The average molecular weight is 409 g/mol. The van der Waals surface area contributed by atoms with Gasteiger partial charge in [-0.3, -0.25) is 9.78 Å². The lowest BCUT2D eigenvalue weighted by atomic mass is 9.75. The summed E-state index contributed by atoms with van der Waals surface area (Å²) in [7, 11) is 0. The first-order valence-electron chi connectivity index (χ1n) is 10.2. The van der Waals surface area contributed by atoms with E-state index in [1.165, 1.54) is 11.6 Å². The molecule has 1 heterocycles. The molecule has 1 atom stereocenters. The number of nitrogens with zero attached hydrogens (tertiary/aromatic N) is 1. The largest absolute Gasteiger partial charge is 0.349 e. The second kappa shape index (κ2) is 8.54. The van der Waals surface area contributed by atoms with Gasteiger partial charge in [-0.15, -0.1) is 12.6 Å². The van der Waals surface area contributed by atoms with Crippen molar-refractivity contribution >= 4 is 29.4 Å². The maximum Gasteiger partial charge on any atom is 0.251 e. The Morgan fingerprint density at radius 3 is 2.55 bits per heavy atom. The molecule has 29 heavy (non-hydrogen) atoms. The van der Waals surface area contributed by atoms with Crippen molar-refractivity contribution < 1.29 is 9.18 Å². The molecule has 1 unspecified atom stereocenters. The molecule has 1 aliphatic carbocycles. The number of carbonyl (C=O) groups excluding carboxylic acids is 1. The third-order valence-electron chi connectivity index (χ3n) is 6.14. The van der Waals surface area contributed by atoms with Crippen LogP contribution in [0.5, 0.6) is 0 Å². The molecule has 150 valence electrons. The number of halogens is 1. The molecule has 1 aliphatic rings. The van der Waals surface area contributed by atoms with E-state index in [1.54, 1.807) is 24.3 Å². The van der Waals surface area contributed by atoms with Crippen LogP contribution in [0, 0.1) is 11.7 Å². The molecule has 1 N–H and O–H groups in total. The van der Waals surface area contributed by atoms with Crippen LogP contribution in [0.4, 0.5) is 4.39 Å². The van der Waals surface area contributed by atoms with Gasteiger partial charge in [-0.25, -0.2) is 4.39 Å². The average Bonchev–Trinajstić information content (AvgIpc) is 2.74. The van der Waals surface area contributed by atoms with E-state index < -0.39 is 0 Å². The topological polar surface area (TPSA) is 42.0 Å². The summed E-state index contributed by atoms with van der Waals surface area (Å²) in [5, 5.41) is 4.07. The Hall–Kier alpha value is -2.40. The minimum Gasteiger partial charge on any atom is -0.349 e. The van der Waals surface area contributed by atoms with E-state index in [1.807, 2.05) is 24.4 Å². The highest BCUT2D eigenvalue weighted by molar-refractivity contribution is 7.80. The fraction of sp³-hybridized carbons (Fsp3) is 0.333. The number of fused-ring (bicyclic) bond motifs is 1. The van der Waals surface area contributed by atoms with Crippen LogP contribution < -0.4 is 5.32 Å². The highest BCUT2D eigenvalue weighted by Crippen LogP contribution is 2.39. The lowest BCUT2D eigenvalue weighted by Crippen LogP contribution is -2.39. The number of amides is 1. The zero-order chi connectivity index (χ0) is 20.4. The third kappa shape index (κ3) is 4.45. The van der Waals surface area contributed by atoms with Crippen LogP contribution in [0.25, 0.3) is 10.9 Å². The summed E-state index contributed by atoms with van der Waals surface area (Å²) in [6.07, 6.45) is 5.98. The van der Waals surface area contributed by atoms with Crippen molar-refractivity contribution in [3.05, 3.63) is 71.7 Å². The number of nitrogens with one attached hydrogen (secondary N) is 1. The Bertz CT molecular complexity index is 1010. The molecule has 3 nitrogen and oxygen atoms in total. The quantitative estimate of drug-likeness (QED) is 0.539. The summed E-state index contributed by atoms with van der Waals surface area (Å²) in [5.41, 5.74) is 2.70. The summed E-state index contributed by atoms with van der Waals surface area (Å²) in [4.78, 5) is 17.7. The number of aromatic nitrogens is 1. The number of thiol groups is 1. The molecule has 5 heteroatoms. The van der Waals surface area contributed by atoms with Crippen LogP contribution in [0.2, 0.25) is 0 Å². The van der Waals surface area contributed by atoms with Gasteiger partial charge in [-0.05, 0) is 98.5 Å². The maximum atomic E-state index is 13.8. The standard InChI is InChI=1S/C24H25FN2OS/c1-15(27-24(28)18-6-9-20(29)10-7-18)16-2-4-17(5-3-16)21-12-13-26-23-11-8-19(25)14-22(21)23/h6-17,29H,2-5H2,1H3,(H,27,28)/t15?,16-,17+. The van der Waals surface area contributed by atoms with Crippen molar-refractivity contribution in [3.63, 3.8) is 0 Å². The van der Waals surface area contributed by atoms with E-state index in [0.29, 0.717) is 17.4 Å². The number of pyridine rings is 1. The van der Waals surface area contributed by atoms with Gasteiger partial charge in [-0.1, -0.05) is 0 Å². The van der Waals surface area contributed by atoms with Crippen molar-refractivity contribution in [2.75, 3.05) is 0 Å². The van der Waals surface area contributed by atoms with E-state index >= 15 is 0 Å². The molecule has 1 aromatic heterocycles. The van der Waals surface area contributed by atoms with Gasteiger partial charge < -0.3 is 5.32 Å². The van der Waals surface area contributed by atoms with E-state index in [0.717, 1.165) is 41.5 Å². The van der Waals surface area contributed by atoms with E-state index in [-0.39, 0.29) is 17.8 Å². The van der Waals surface area contributed by atoms with Crippen molar-refractivity contribution in [1.29, 1.82) is 0 Å². The molecule has 2 aromatic carbocycles. The molecule has 3 aromatic rings. The molecule has 0 spiro atoms. The van der Waals surface area contributed by atoms with Crippen LogP contribution in [0.15, 0.2) is 59.6 Å². The minimum absolute atomic E-state index is 0.0384. The second-order valence-electron chi connectivity index (χ2n) is 7.98. The lowest BCUT2D eigenvalue weighted by molar-refractivity contribution is 0.0918. The van der Waals surface area contributed by atoms with Crippen LogP contribution in [-0.2, 0) is 0 Å². The van der Waals surface area contributed by atoms with E-state index in [9.17, 15) is 9.18 Å². The number of rotatable bonds is 4. The van der Waals surface area contributed by atoms with Gasteiger partial charge in [-0.2, -0.15) is 0 Å². The maximum absolute atomic E-state index is 13.8. The molecule has 1 saturated carbocycles. The Kier molecular flexibility index (Phi) is 5.86. The van der Waals surface area contributed by atoms with Gasteiger partial charge in [0.05, 0.1) is 5.52 Å². The number of hydrogen-bond donors (Lipinski definition) is 2. The van der Waals surface area contributed by atoms with Gasteiger partial charge in [0.25, 0.3) is 5.91 Å². The highest BCUT2D eigenvalue weighted by atomic mass is 32.1. The number of benzene rings is 2. The lowest BCUT2D eigenvalue weighted by Gasteiger charge is -2.33. The highest BCUT2D eigenvalue weighted by Gasteiger charge is 2.28. The predicted octanol–water partition coefficient (Wildman–Crippen LogP) is 5.75. The Labute approximate surface area is 176 Å². The molecule has 0 saturated heterocycles. The monoisotopic (exact) mass is 408 g/mol. The van der Waals surface area contributed by atoms with Crippen molar-refractivity contribution in [2.45, 2.75) is 49.5 Å². The van der Waals surface area contributed by atoms with Crippen LogP contribution in [0.1, 0.15) is 54.4 Å². The summed E-state index contributed by atoms with van der Waals surface area (Å²) < 4.78 is 13.8. The van der Waals surface area contributed by atoms with Gasteiger partial charge in [0.2, 0.25) is 0 Å². The van der Waals surface area contributed by atoms with Crippen molar-refractivity contribution in [3.8, 4) is 0 Å². The van der Waals surface area contributed by atoms with Crippen molar-refractivity contribution in [1.82, 2.24) is 10.3 Å². The van der Waals surface area contributed by atoms with E-state index in [4.69, 9.17) is 0 Å². The fourth-order valence-electron chi connectivity index (χ4n) is 4.45. The van der Waals surface area contributed by atoms with Crippen LogP contribution >= 0.6 is 12.6 Å². The molecule has 0 bridgehead atoms. The Balaban J connectivity index is 1.40. The first-order valence-corrected chi connectivity index (χ1v) is 10.6. The smallest absolute Gasteiger partial charge is 0.251 e. The molecular formula is C24H25FN2OS. The van der Waals surface area contributed by atoms with Crippen LogP contribution in [-0.4, -0.2) is 16.9 Å². The fourth-order valence-corrected chi connectivity index (χ4v) is 4.60. The van der Waals surface area contributed by atoms with Crippen LogP contribution in [0.3, 0.4) is 0 Å². The normalized spacial score (nSPS) is 20.4. The zero-order valence-electron chi connectivity index (χ0n) is 16.4. The number of hydrogen-bond acceptors (Lipinski definition) is 3. The summed E-state index contributed by atoms with van der Waals surface area (Å²) >= 11 is 4.26.